The minimum Gasteiger partial charge on any atom is -0.497 e. The van der Waals surface area contributed by atoms with Crippen LogP contribution in [0.2, 0.25) is 0 Å². The number of ether oxygens (including phenoxy) is 1. The van der Waals surface area contributed by atoms with E-state index in [-0.39, 0.29) is 11.0 Å². The molecule has 0 saturated heterocycles. The van der Waals surface area contributed by atoms with Gasteiger partial charge in [-0.2, -0.15) is 0 Å². The summed E-state index contributed by atoms with van der Waals surface area (Å²) in [6.07, 6.45) is 3.42. The summed E-state index contributed by atoms with van der Waals surface area (Å²) < 4.78 is 10.8. The second kappa shape index (κ2) is 6.42. The van der Waals surface area contributed by atoms with E-state index in [9.17, 15) is 9.59 Å². The smallest absolute Gasteiger partial charge is 0.335 e. The van der Waals surface area contributed by atoms with Crippen LogP contribution in [0.4, 0.5) is 0 Å². The number of benzene rings is 2. The van der Waals surface area contributed by atoms with Crippen molar-refractivity contribution in [3.8, 4) is 5.75 Å². The van der Waals surface area contributed by atoms with E-state index in [2.05, 4.69) is 0 Å². The van der Waals surface area contributed by atoms with Crippen LogP contribution >= 0.6 is 0 Å². The molecule has 0 aliphatic heterocycles. The average molecular weight is 322 g/mol. The molecular weight excluding hydrogens is 308 g/mol. The zero-order valence-corrected chi connectivity index (χ0v) is 12.9. The highest BCUT2D eigenvalue weighted by molar-refractivity contribution is 5.88. The lowest BCUT2D eigenvalue weighted by atomic mass is 10.1. The molecule has 24 heavy (non-hydrogen) atoms. The largest absolute Gasteiger partial charge is 0.497 e. The first-order valence-corrected chi connectivity index (χ1v) is 7.20. The molecule has 0 amide bonds. The van der Waals surface area contributed by atoms with Gasteiger partial charge in [0.05, 0.1) is 18.1 Å². The van der Waals surface area contributed by atoms with Gasteiger partial charge in [0.15, 0.2) is 5.43 Å². The van der Waals surface area contributed by atoms with Gasteiger partial charge in [0.1, 0.15) is 17.1 Å². The highest BCUT2D eigenvalue weighted by Gasteiger charge is 2.05. The maximum atomic E-state index is 12.2. The van der Waals surface area contributed by atoms with E-state index >= 15 is 0 Å². The molecule has 0 saturated carbocycles. The maximum Gasteiger partial charge on any atom is 0.335 e. The lowest BCUT2D eigenvalue weighted by molar-refractivity contribution is 0.0697. The minimum atomic E-state index is -0.971. The molecule has 1 aromatic heterocycles. The standard InChI is InChI=1S/C19H14O5/c1-23-14-8-9-18-16(10-14)17(20)11-15(24-18)7-4-12-2-5-13(6-3-12)19(21)22/h2-11H,1H3,(H,21,22). The first kappa shape index (κ1) is 15.6. The highest BCUT2D eigenvalue weighted by Crippen LogP contribution is 2.20. The molecule has 1 heterocycles. The Morgan fingerprint density at radius 1 is 1.08 bits per heavy atom. The monoisotopic (exact) mass is 322 g/mol. The number of hydrogen-bond donors (Lipinski definition) is 1. The molecule has 0 unspecified atom stereocenters. The van der Waals surface area contributed by atoms with E-state index in [4.69, 9.17) is 14.3 Å². The van der Waals surface area contributed by atoms with Crippen LogP contribution in [-0.2, 0) is 0 Å². The third-order valence-electron chi connectivity index (χ3n) is 3.55. The van der Waals surface area contributed by atoms with Crippen LogP contribution in [0.25, 0.3) is 23.1 Å². The van der Waals surface area contributed by atoms with Crippen LogP contribution in [0.15, 0.2) is 57.7 Å². The quantitative estimate of drug-likeness (QED) is 0.793. The van der Waals surface area contributed by atoms with Gasteiger partial charge in [0.2, 0.25) is 0 Å². The van der Waals surface area contributed by atoms with Gasteiger partial charge in [-0.15, -0.1) is 0 Å². The van der Waals surface area contributed by atoms with Crippen LogP contribution in [-0.4, -0.2) is 18.2 Å². The Labute approximate surface area is 137 Å². The van der Waals surface area contributed by atoms with Crippen molar-refractivity contribution in [3.63, 3.8) is 0 Å². The van der Waals surface area contributed by atoms with Gasteiger partial charge in [0, 0.05) is 6.07 Å². The van der Waals surface area contributed by atoms with Gasteiger partial charge < -0.3 is 14.3 Å². The zero-order valence-electron chi connectivity index (χ0n) is 12.9. The fourth-order valence-corrected chi connectivity index (χ4v) is 2.28. The number of carbonyl (C=O) groups is 1. The van der Waals surface area contributed by atoms with E-state index in [1.807, 2.05) is 0 Å². The second-order valence-electron chi connectivity index (χ2n) is 5.14. The van der Waals surface area contributed by atoms with Crippen molar-refractivity contribution in [1.29, 1.82) is 0 Å². The molecule has 0 fully saturated rings. The Morgan fingerprint density at radius 2 is 1.83 bits per heavy atom. The predicted octanol–water partition coefficient (Wildman–Crippen LogP) is 3.67. The van der Waals surface area contributed by atoms with Crippen molar-refractivity contribution in [2.45, 2.75) is 0 Å². The third kappa shape index (κ3) is 3.20. The predicted molar refractivity (Wildman–Crippen MR) is 91.4 cm³/mol. The van der Waals surface area contributed by atoms with E-state index in [1.54, 1.807) is 42.5 Å². The fourth-order valence-electron chi connectivity index (χ4n) is 2.28. The second-order valence-corrected chi connectivity index (χ2v) is 5.14. The maximum absolute atomic E-state index is 12.2. The zero-order chi connectivity index (χ0) is 17.1. The van der Waals surface area contributed by atoms with Crippen molar-refractivity contribution in [2.75, 3.05) is 7.11 Å². The summed E-state index contributed by atoms with van der Waals surface area (Å²) in [5.74, 6) is 0.0399. The number of carboxylic acid groups (broad SMARTS) is 1. The van der Waals surface area contributed by atoms with Gasteiger partial charge in [-0.25, -0.2) is 4.79 Å². The molecule has 2 aromatic carbocycles. The molecule has 0 radical (unpaired) electrons. The lowest BCUT2D eigenvalue weighted by Crippen LogP contribution is -2.00. The van der Waals surface area contributed by atoms with E-state index in [0.717, 1.165) is 5.56 Å². The third-order valence-corrected chi connectivity index (χ3v) is 3.55. The SMILES string of the molecule is COc1ccc2oc(C=Cc3ccc(C(=O)O)cc3)cc(=O)c2c1. The van der Waals surface area contributed by atoms with Crippen LogP contribution in [0.3, 0.4) is 0 Å². The van der Waals surface area contributed by atoms with Crippen molar-refractivity contribution in [1.82, 2.24) is 0 Å². The van der Waals surface area contributed by atoms with Gasteiger partial charge in [-0.3, -0.25) is 4.79 Å². The Hall–Kier alpha value is -3.34. The molecule has 3 rings (SSSR count). The Morgan fingerprint density at radius 3 is 2.50 bits per heavy atom. The molecular formula is C19H14O5. The summed E-state index contributed by atoms with van der Waals surface area (Å²) in [4.78, 5) is 23.0. The van der Waals surface area contributed by atoms with E-state index in [0.29, 0.717) is 22.5 Å². The van der Waals surface area contributed by atoms with Crippen molar-refractivity contribution in [3.05, 3.63) is 75.6 Å². The number of carboxylic acids is 1. The number of methoxy groups -OCH3 is 1. The average Bonchev–Trinajstić information content (AvgIpc) is 2.60. The summed E-state index contributed by atoms with van der Waals surface area (Å²) in [5.41, 5.74) is 1.34. The fraction of sp³-hybridized carbons (Fsp3) is 0.0526. The van der Waals surface area contributed by atoms with E-state index in [1.165, 1.54) is 25.3 Å². The number of fused-ring (bicyclic) bond motifs is 1. The molecule has 5 nitrogen and oxygen atoms in total. The van der Waals surface area contributed by atoms with Gasteiger partial charge in [0.25, 0.3) is 0 Å². The summed E-state index contributed by atoms with van der Waals surface area (Å²) >= 11 is 0. The topological polar surface area (TPSA) is 76.7 Å². The molecule has 0 aliphatic carbocycles. The van der Waals surface area contributed by atoms with Crippen LogP contribution < -0.4 is 10.2 Å². The van der Waals surface area contributed by atoms with Crippen LogP contribution in [0.1, 0.15) is 21.7 Å². The summed E-state index contributed by atoms with van der Waals surface area (Å²) in [6, 6.07) is 12.9. The first-order chi connectivity index (χ1) is 11.6. The highest BCUT2D eigenvalue weighted by atomic mass is 16.5. The Balaban J connectivity index is 1.92. The molecule has 0 bridgehead atoms. The number of aromatic carboxylic acids is 1. The number of rotatable bonds is 4. The molecule has 0 aliphatic rings. The van der Waals surface area contributed by atoms with Crippen molar-refractivity contribution >= 4 is 29.1 Å². The van der Waals surface area contributed by atoms with Gasteiger partial charge in [-0.05, 0) is 42.0 Å². The molecule has 0 atom stereocenters. The van der Waals surface area contributed by atoms with Gasteiger partial charge in [-0.1, -0.05) is 18.2 Å². The molecule has 1 N–H and O–H groups in total. The molecule has 5 heteroatoms. The Kier molecular flexibility index (Phi) is 4.16. The molecule has 0 spiro atoms. The van der Waals surface area contributed by atoms with E-state index < -0.39 is 5.97 Å². The lowest BCUT2D eigenvalue weighted by Gasteiger charge is -2.02. The Bertz CT molecular complexity index is 981. The van der Waals surface area contributed by atoms with Crippen molar-refractivity contribution in [2.24, 2.45) is 0 Å². The van der Waals surface area contributed by atoms with Crippen molar-refractivity contribution < 1.29 is 19.1 Å². The molecule has 3 aromatic rings. The van der Waals surface area contributed by atoms with Crippen LogP contribution in [0, 0.1) is 0 Å². The summed E-state index contributed by atoms with van der Waals surface area (Å²) in [7, 11) is 1.54. The minimum absolute atomic E-state index is 0.156. The number of hydrogen-bond acceptors (Lipinski definition) is 4. The normalized spacial score (nSPS) is 11.0. The summed E-state index contributed by atoms with van der Waals surface area (Å²) in [6.45, 7) is 0. The molecule has 120 valence electrons. The van der Waals surface area contributed by atoms with Crippen LogP contribution in [0.5, 0.6) is 5.75 Å². The van der Waals surface area contributed by atoms with Gasteiger partial charge >= 0.3 is 5.97 Å². The first-order valence-electron chi connectivity index (χ1n) is 7.20. The summed E-state index contributed by atoms with van der Waals surface area (Å²) in [5, 5.41) is 9.33.